The highest BCUT2D eigenvalue weighted by Gasteiger charge is 2.17. The molecule has 194 valence electrons. The van der Waals surface area contributed by atoms with Crippen molar-refractivity contribution in [1.82, 2.24) is 30.5 Å². The molecule has 1 aliphatic rings. The molecule has 3 heterocycles. The van der Waals surface area contributed by atoms with Gasteiger partial charge < -0.3 is 10.3 Å². The fourth-order valence-corrected chi connectivity index (χ4v) is 5.79. The van der Waals surface area contributed by atoms with Gasteiger partial charge in [-0.25, -0.2) is 9.37 Å². The Balaban J connectivity index is 1.21. The molecule has 1 saturated carbocycles. The molecule has 6 aromatic rings. The minimum absolute atomic E-state index is 0.269. The topological polar surface area (TPSA) is 82.3 Å². The Morgan fingerprint density at radius 3 is 2.64 bits per heavy atom. The molecule has 0 radical (unpaired) electrons. The van der Waals surface area contributed by atoms with Gasteiger partial charge in [0.15, 0.2) is 5.82 Å². The molecule has 0 spiro atoms. The molecule has 0 atom stereocenters. The highest BCUT2D eigenvalue weighted by molar-refractivity contribution is 5.98. The van der Waals surface area contributed by atoms with Crippen LogP contribution in [0.3, 0.4) is 0 Å². The summed E-state index contributed by atoms with van der Waals surface area (Å²) in [5.41, 5.74) is 7.78. The molecule has 39 heavy (non-hydrogen) atoms. The molecule has 3 aromatic heterocycles. The summed E-state index contributed by atoms with van der Waals surface area (Å²) in [6, 6.07) is 21.0. The van der Waals surface area contributed by atoms with Gasteiger partial charge in [0.1, 0.15) is 11.5 Å². The monoisotopic (exact) mass is 516 g/mol. The molecule has 7 heteroatoms. The first kappa shape index (κ1) is 23.7. The van der Waals surface area contributed by atoms with Crippen molar-refractivity contribution in [2.75, 3.05) is 6.54 Å². The Hall–Kier alpha value is -4.36. The average molecular weight is 517 g/mol. The van der Waals surface area contributed by atoms with Gasteiger partial charge in [0.25, 0.3) is 0 Å². The molecule has 0 saturated heterocycles. The third kappa shape index (κ3) is 4.59. The number of halogens is 1. The lowest BCUT2D eigenvalue weighted by molar-refractivity contribution is 0.489. The second-order valence-corrected chi connectivity index (χ2v) is 10.5. The molecule has 6 nitrogen and oxygen atoms in total. The molecular weight excluding hydrogens is 487 g/mol. The van der Waals surface area contributed by atoms with Crippen LogP contribution in [0.4, 0.5) is 4.39 Å². The number of pyridine rings is 1. The number of H-pyrrole nitrogens is 2. The first-order valence-electron chi connectivity index (χ1n) is 13.6. The van der Waals surface area contributed by atoms with Crippen LogP contribution in [0, 0.1) is 11.7 Å². The summed E-state index contributed by atoms with van der Waals surface area (Å²) in [5.74, 6) is 1.18. The minimum atomic E-state index is -0.269. The van der Waals surface area contributed by atoms with Gasteiger partial charge in [0.05, 0.1) is 16.6 Å². The Morgan fingerprint density at radius 2 is 1.74 bits per heavy atom. The maximum Gasteiger partial charge on any atom is 0.159 e. The molecular formula is C32H29FN6. The van der Waals surface area contributed by atoms with Crippen LogP contribution in [0.25, 0.3) is 55.7 Å². The second-order valence-electron chi connectivity index (χ2n) is 10.5. The van der Waals surface area contributed by atoms with Crippen LogP contribution in [0.15, 0.2) is 79.1 Å². The average Bonchev–Trinajstić information content (AvgIpc) is 3.73. The van der Waals surface area contributed by atoms with Crippen molar-refractivity contribution in [3.8, 4) is 33.8 Å². The van der Waals surface area contributed by atoms with Crippen molar-refractivity contribution in [3.63, 3.8) is 0 Å². The minimum Gasteiger partial charge on any atom is -0.337 e. The van der Waals surface area contributed by atoms with Gasteiger partial charge in [-0.3, -0.25) is 10.1 Å². The van der Waals surface area contributed by atoms with Crippen LogP contribution in [0.5, 0.6) is 0 Å². The third-order valence-electron chi connectivity index (χ3n) is 7.83. The van der Waals surface area contributed by atoms with Crippen LogP contribution in [-0.4, -0.2) is 31.7 Å². The van der Waals surface area contributed by atoms with E-state index in [-0.39, 0.29) is 5.82 Å². The zero-order valence-electron chi connectivity index (χ0n) is 21.5. The zero-order valence-corrected chi connectivity index (χ0v) is 21.5. The van der Waals surface area contributed by atoms with Gasteiger partial charge in [-0.1, -0.05) is 49.2 Å². The number of benzene rings is 3. The number of fused-ring (bicyclic) bond motifs is 2. The van der Waals surface area contributed by atoms with Crippen molar-refractivity contribution in [2.45, 2.75) is 32.2 Å². The molecule has 1 fully saturated rings. The van der Waals surface area contributed by atoms with Crippen molar-refractivity contribution in [1.29, 1.82) is 0 Å². The largest absolute Gasteiger partial charge is 0.337 e. The summed E-state index contributed by atoms with van der Waals surface area (Å²) in [4.78, 5) is 12.8. The van der Waals surface area contributed by atoms with E-state index in [4.69, 9.17) is 4.98 Å². The first-order chi connectivity index (χ1) is 19.2. The summed E-state index contributed by atoms with van der Waals surface area (Å²) in [6.07, 6.45) is 9.26. The number of nitrogens with zero attached hydrogens (tertiary/aromatic N) is 3. The smallest absolute Gasteiger partial charge is 0.159 e. The number of nitrogens with one attached hydrogen (secondary N) is 3. The van der Waals surface area contributed by atoms with Crippen LogP contribution >= 0.6 is 0 Å². The molecule has 0 aliphatic heterocycles. The van der Waals surface area contributed by atoms with E-state index in [0.29, 0.717) is 16.9 Å². The van der Waals surface area contributed by atoms with Gasteiger partial charge in [0.2, 0.25) is 0 Å². The van der Waals surface area contributed by atoms with E-state index >= 15 is 0 Å². The van der Waals surface area contributed by atoms with Crippen LogP contribution < -0.4 is 5.32 Å². The van der Waals surface area contributed by atoms with Crippen molar-refractivity contribution in [2.24, 2.45) is 5.92 Å². The van der Waals surface area contributed by atoms with E-state index in [1.165, 1.54) is 37.3 Å². The molecule has 3 aromatic carbocycles. The fourth-order valence-electron chi connectivity index (χ4n) is 5.79. The highest BCUT2D eigenvalue weighted by Crippen LogP contribution is 2.34. The number of hydrogen-bond donors (Lipinski definition) is 3. The number of para-hydroxylation sites is 1. The normalized spacial score (nSPS) is 14.1. The predicted molar refractivity (Wildman–Crippen MR) is 153 cm³/mol. The van der Waals surface area contributed by atoms with E-state index < -0.39 is 0 Å². The van der Waals surface area contributed by atoms with Gasteiger partial charge in [-0.15, -0.1) is 0 Å². The predicted octanol–water partition coefficient (Wildman–Crippen LogP) is 7.25. The lowest BCUT2D eigenvalue weighted by atomic mass is 10.0. The van der Waals surface area contributed by atoms with Crippen LogP contribution in [0.1, 0.15) is 31.2 Å². The summed E-state index contributed by atoms with van der Waals surface area (Å²) in [7, 11) is 0. The van der Waals surface area contributed by atoms with Crippen molar-refractivity contribution >= 4 is 21.9 Å². The van der Waals surface area contributed by atoms with Crippen LogP contribution in [-0.2, 0) is 6.54 Å². The molecule has 1 aliphatic carbocycles. The lowest BCUT2D eigenvalue weighted by Gasteiger charge is -2.11. The van der Waals surface area contributed by atoms with E-state index in [2.05, 4.69) is 43.7 Å². The second kappa shape index (κ2) is 10.1. The Labute approximate surface area is 225 Å². The fraction of sp³-hybridized carbons (Fsp3) is 0.219. The van der Waals surface area contributed by atoms with Gasteiger partial charge in [0, 0.05) is 41.0 Å². The molecule has 3 N–H and O–H groups in total. The molecule has 0 bridgehead atoms. The van der Waals surface area contributed by atoms with E-state index in [9.17, 15) is 4.39 Å². The highest BCUT2D eigenvalue weighted by atomic mass is 19.1. The Bertz CT molecular complexity index is 1780. The summed E-state index contributed by atoms with van der Waals surface area (Å²) in [5, 5.41) is 12.3. The number of imidazole rings is 1. The standard InChI is InChI=1S/C32H29FN6/c33-27-10-4-3-8-24(27)25-9-5-11-29-30(25)37-32(36-29)31-26-15-22(12-13-28(26)38-39-31)23-14-21(18-35-19-23)17-34-16-20-6-1-2-7-20/h3-5,8-15,18-20,34H,1-2,6-7,16-17H2,(H,36,37)(H,38,39). The number of hydrogen-bond acceptors (Lipinski definition) is 4. The van der Waals surface area contributed by atoms with E-state index in [0.717, 1.165) is 57.8 Å². The maximum absolute atomic E-state index is 14.6. The summed E-state index contributed by atoms with van der Waals surface area (Å²) >= 11 is 0. The zero-order chi connectivity index (χ0) is 26.2. The number of aromatic amines is 2. The van der Waals surface area contributed by atoms with E-state index in [1.807, 2.05) is 42.7 Å². The SMILES string of the molecule is Fc1ccccc1-c1cccc2[nH]c(-c3n[nH]c4ccc(-c5cncc(CNCC6CCCC6)c5)cc34)nc12. The number of rotatable bonds is 7. The molecule has 7 rings (SSSR count). The Morgan fingerprint density at radius 1 is 0.872 bits per heavy atom. The van der Waals surface area contributed by atoms with Gasteiger partial charge >= 0.3 is 0 Å². The van der Waals surface area contributed by atoms with Crippen molar-refractivity contribution in [3.05, 3.63) is 90.5 Å². The first-order valence-corrected chi connectivity index (χ1v) is 13.6. The third-order valence-corrected chi connectivity index (χ3v) is 7.83. The van der Waals surface area contributed by atoms with E-state index in [1.54, 1.807) is 12.1 Å². The summed E-state index contributed by atoms with van der Waals surface area (Å²) < 4.78 is 14.6. The molecule has 0 amide bonds. The lowest BCUT2D eigenvalue weighted by Crippen LogP contribution is -2.20. The number of aromatic nitrogens is 5. The summed E-state index contributed by atoms with van der Waals surface area (Å²) in [6.45, 7) is 1.89. The quantitative estimate of drug-likeness (QED) is 0.209. The maximum atomic E-state index is 14.6. The van der Waals surface area contributed by atoms with Gasteiger partial charge in [-0.05, 0) is 66.8 Å². The Kier molecular flexibility index (Phi) is 6.13. The van der Waals surface area contributed by atoms with Crippen LogP contribution in [0.2, 0.25) is 0 Å². The van der Waals surface area contributed by atoms with Gasteiger partial charge in [-0.2, -0.15) is 5.10 Å². The van der Waals surface area contributed by atoms with Crippen molar-refractivity contribution < 1.29 is 4.39 Å². The molecule has 0 unspecified atom stereocenters.